The Kier molecular flexibility index (Phi) is 13.5. The molecule has 0 saturated carbocycles. The molecule has 0 saturated heterocycles. The van der Waals surface area contributed by atoms with Gasteiger partial charge >= 0.3 is 11.9 Å². The van der Waals surface area contributed by atoms with Crippen molar-refractivity contribution in [2.24, 2.45) is 0 Å². The van der Waals surface area contributed by atoms with E-state index in [1.54, 1.807) is 35.0 Å². The fourth-order valence-electron chi connectivity index (χ4n) is 5.20. The lowest BCUT2D eigenvalue weighted by molar-refractivity contribution is -0.117. The molecule has 14 heteroatoms. The third-order valence-electron chi connectivity index (χ3n) is 7.76. The lowest BCUT2D eigenvalue weighted by atomic mass is 10.1. The van der Waals surface area contributed by atoms with Crippen molar-refractivity contribution in [3.05, 3.63) is 140 Å². The Morgan fingerprint density at radius 1 is 0.679 bits per heavy atom. The second-order valence-electron chi connectivity index (χ2n) is 11.6. The van der Waals surface area contributed by atoms with Crippen molar-refractivity contribution in [1.29, 1.82) is 0 Å². The van der Waals surface area contributed by atoms with Gasteiger partial charge in [0.25, 0.3) is 0 Å². The van der Waals surface area contributed by atoms with Crippen molar-refractivity contribution in [3.63, 3.8) is 0 Å². The summed E-state index contributed by atoms with van der Waals surface area (Å²) in [5.74, 6) is -2.66. The molecule has 0 fully saturated rings. The number of rotatable bonds is 12. The number of carbonyl (C=O) groups is 4. The maximum atomic E-state index is 12.3. The van der Waals surface area contributed by atoms with Crippen LogP contribution in [0.25, 0.3) is 22.4 Å². The maximum absolute atomic E-state index is 12.3. The van der Waals surface area contributed by atoms with Crippen LogP contribution >= 0.6 is 45.9 Å². The molecule has 0 aliphatic rings. The van der Waals surface area contributed by atoms with Gasteiger partial charge in [0.05, 0.1) is 10.7 Å². The first-order valence-corrected chi connectivity index (χ1v) is 18.6. The number of carboxylic acid groups (broad SMARTS) is 2. The molecule has 4 N–H and O–H groups in total. The van der Waals surface area contributed by atoms with Crippen molar-refractivity contribution < 1.29 is 29.4 Å². The maximum Gasteiger partial charge on any atom is 0.339 e. The Morgan fingerprint density at radius 2 is 1.28 bits per heavy atom. The second kappa shape index (κ2) is 18.4. The van der Waals surface area contributed by atoms with E-state index in [0.717, 1.165) is 16.7 Å². The number of carbonyl (C=O) groups excluding carboxylic acids is 2. The standard InChI is InChI=1S/C20H17ClN2O3S.C19H15ClN2O3S/c1-12-3-2-4-13(9-12)5-8-17(24)23-19-18(20(25)26)15(11-27-19)14-6-7-16(21)22-10-14;20-13-7-8-15(21-10-13)14-11-26-18(17(14)19(24)25)22-16(23)9-6-12-4-2-1-3-5-12/h2-4,6-7,9-11H,5,8H2,1H3,(H,23,24)(H,25,26);1-5,7-8,10-11H,6,9H2,(H,22,23)(H,24,25). The van der Waals surface area contributed by atoms with Crippen LogP contribution in [-0.2, 0) is 22.4 Å². The highest BCUT2D eigenvalue weighted by atomic mass is 35.5. The van der Waals surface area contributed by atoms with Crippen LogP contribution in [0.2, 0.25) is 10.2 Å². The number of aryl methyl sites for hydroxylation is 3. The van der Waals surface area contributed by atoms with E-state index in [1.165, 1.54) is 35.1 Å². The lowest BCUT2D eigenvalue weighted by Gasteiger charge is -2.07. The summed E-state index contributed by atoms with van der Waals surface area (Å²) in [5, 5.41) is 29.4. The van der Waals surface area contributed by atoms with Crippen molar-refractivity contribution in [2.45, 2.75) is 32.6 Å². The summed E-state index contributed by atoms with van der Waals surface area (Å²) in [6.07, 6.45) is 4.70. The number of carboxylic acids is 2. The molecule has 0 atom stereocenters. The molecule has 2 amide bonds. The summed E-state index contributed by atoms with van der Waals surface area (Å²) in [4.78, 5) is 56.1. The number of aromatic nitrogens is 2. The Labute approximate surface area is 323 Å². The van der Waals surface area contributed by atoms with Gasteiger partial charge in [-0.3, -0.25) is 14.6 Å². The zero-order valence-electron chi connectivity index (χ0n) is 28.1. The van der Waals surface area contributed by atoms with Gasteiger partial charge in [0.1, 0.15) is 26.3 Å². The minimum atomic E-state index is -1.11. The Morgan fingerprint density at radius 3 is 1.85 bits per heavy atom. The minimum Gasteiger partial charge on any atom is -0.478 e. The largest absolute Gasteiger partial charge is 0.478 e. The minimum absolute atomic E-state index is 0.0397. The number of pyridine rings is 2. The molecule has 2 aromatic carbocycles. The molecule has 6 rings (SSSR count). The summed E-state index contributed by atoms with van der Waals surface area (Å²) >= 11 is 14.0. The van der Waals surface area contributed by atoms with Crippen LogP contribution in [0.15, 0.2) is 102 Å². The second-order valence-corrected chi connectivity index (χ2v) is 14.2. The number of amides is 2. The normalized spacial score (nSPS) is 10.5. The average Bonchev–Trinajstić information content (AvgIpc) is 3.76. The number of nitrogens with one attached hydrogen (secondary N) is 2. The molecular formula is C39H32Cl2N4O6S2. The van der Waals surface area contributed by atoms with E-state index in [0.29, 0.717) is 55.4 Å². The molecule has 4 heterocycles. The summed E-state index contributed by atoms with van der Waals surface area (Å²) < 4.78 is 0. The highest BCUT2D eigenvalue weighted by Gasteiger charge is 2.23. The molecular weight excluding hydrogens is 755 g/mol. The predicted molar refractivity (Wildman–Crippen MR) is 211 cm³/mol. The van der Waals surface area contributed by atoms with Gasteiger partial charge in [0.2, 0.25) is 11.8 Å². The smallest absolute Gasteiger partial charge is 0.339 e. The van der Waals surface area contributed by atoms with Crippen molar-refractivity contribution in [1.82, 2.24) is 9.97 Å². The van der Waals surface area contributed by atoms with Gasteiger partial charge in [-0.1, -0.05) is 83.4 Å². The summed E-state index contributed by atoms with van der Waals surface area (Å²) in [6.45, 7) is 2.00. The van der Waals surface area contributed by atoms with E-state index in [2.05, 4.69) is 20.6 Å². The van der Waals surface area contributed by atoms with Gasteiger partial charge in [0, 0.05) is 52.7 Å². The van der Waals surface area contributed by atoms with E-state index in [9.17, 15) is 29.4 Å². The predicted octanol–water partition coefficient (Wildman–Crippen LogP) is 9.77. The van der Waals surface area contributed by atoms with Crippen molar-refractivity contribution in [2.75, 3.05) is 10.6 Å². The van der Waals surface area contributed by atoms with Crippen LogP contribution in [0.1, 0.15) is 50.2 Å². The zero-order chi connectivity index (χ0) is 37.9. The first kappa shape index (κ1) is 38.8. The monoisotopic (exact) mass is 786 g/mol. The van der Waals surface area contributed by atoms with Gasteiger partial charge in [-0.2, -0.15) is 0 Å². The zero-order valence-corrected chi connectivity index (χ0v) is 31.3. The summed E-state index contributed by atoms with van der Waals surface area (Å²) in [7, 11) is 0. The fourth-order valence-corrected chi connectivity index (χ4v) is 7.37. The van der Waals surface area contributed by atoms with Crippen LogP contribution in [0, 0.1) is 6.92 Å². The highest BCUT2D eigenvalue weighted by molar-refractivity contribution is 7.15. The quantitative estimate of drug-likeness (QED) is 0.0893. The van der Waals surface area contributed by atoms with Crippen LogP contribution in [0.4, 0.5) is 10.0 Å². The molecule has 4 aromatic heterocycles. The molecule has 0 bridgehead atoms. The summed E-state index contributed by atoms with van der Waals surface area (Å²) in [5.41, 5.74) is 5.46. The van der Waals surface area contributed by atoms with Crippen LogP contribution in [0.3, 0.4) is 0 Å². The van der Waals surface area contributed by atoms with Crippen LogP contribution in [-0.4, -0.2) is 43.9 Å². The number of hydrogen-bond donors (Lipinski definition) is 4. The molecule has 0 aliphatic carbocycles. The molecule has 53 heavy (non-hydrogen) atoms. The van der Waals surface area contributed by atoms with E-state index >= 15 is 0 Å². The number of benzene rings is 2. The van der Waals surface area contributed by atoms with Crippen molar-refractivity contribution >= 4 is 79.6 Å². The third-order valence-corrected chi connectivity index (χ3v) is 10.0. The van der Waals surface area contributed by atoms with E-state index in [-0.39, 0.29) is 35.8 Å². The number of hydrogen-bond acceptors (Lipinski definition) is 8. The van der Waals surface area contributed by atoms with Crippen LogP contribution in [0.5, 0.6) is 0 Å². The van der Waals surface area contributed by atoms with E-state index < -0.39 is 11.9 Å². The molecule has 0 radical (unpaired) electrons. The molecule has 6 aromatic rings. The number of nitrogens with zero attached hydrogens (tertiary/aromatic N) is 2. The lowest BCUT2D eigenvalue weighted by Crippen LogP contribution is -2.14. The molecule has 0 unspecified atom stereocenters. The first-order chi connectivity index (χ1) is 25.5. The fraction of sp³-hybridized carbons (Fsp3) is 0.128. The number of anilines is 2. The number of halogens is 2. The highest BCUT2D eigenvalue weighted by Crippen LogP contribution is 2.37. The Balaban J connectivity index is 0.000000204. The first-order valence-electron chi connectivity index (χ1n) is 16.1. The van der Waals surface area contributed by atoms with Crippen LogP contribution < -0.4 is 10.6 Å². The average molecular weight is 788 g/mol. The van der Waals surface area contributed by atoms with Gasteiger partial charge in [-0.25, -0.2) is 14.6 Å². The van der Waals surface area contributed by atoms with Gasteiger partial charge < -0.3 is 20.8 Å². The molecule has 0 spiro atoms. The number of aromatic carboxylic acids is 2. The SMILES string of the molecule is Cc1cccc(CCC(=O)Nc2scc(-c3ccc(Cl)nc3)c2C(=O)O)c1.O=C(CCc1ccccc1)Nc1scc(-c2ccc(Cl)cn2)c1C(=O)O. The van der Waals surface area contributed by atoms with Crippen molar-refractivity contribution in [3.8, 4) is 22.4 Å². The topological polar surface area (TPSA) is 159 Å². The molecule has 0 aliphatic heterocycles. The molecule has 270 valence electrons. The van der Waals surface area contributed by atoms with Gasteiger partial charge in [-0.15, -0.1) is 22.7 Å². The Hall–Kier alpha value is -5.40. The van der Waals surface area contributed by atoms with E-state index in [1.807, 2.05) is 61.5 Å². The summed E-state index contributed by atoms with van der Waals surface area (Å²) in [6, 6.07) is 24.2. The number of thiophene rings is 2. The van der Waals surface area contributed by atoms with Gasteiger partial charge in [-0.05, 0) is 55.2 Å². The third kappa shape index (κ3) is 10.8. The Bertz CT molecular complexity index is 2220. The van der Waals surface area contributed by atoms with Gasteiger partial charge in [0.15, 0.2) is 0 Å². The molecule has 10 nitrogen and oxygen atoms in total. The van der Waals surface area contributed by atoms with E-state index in [4.69, 9.17) is 23.2 Å².